The monoisotopic (exact) mass is 560 g/mol. The molecule has 0 amide bonds. The number of phosphoric acid groups is 1. The Bertz CT molecular complexity index is 686. The summed E-state index contributed by atoms with van der Waals surface area (Å²) in [5.74, 6) is -0.915. The maximum Gasteiger partial charge on any atom is 0.469 e. The van der Waals surface area contributed by atoms with Crippen LogP contribution in [0, 0.1) is 0 Å². The zero-order valence-electron chi connectivity index (χ0n) is 23.8. The molecule has 0 aromatic rings. The zero-order valence-corrected chi connectivity index (χ0v) is 24.7. The molecule has 0 saturated heterocycles. The van der Waals surface area contributed by atoms with Crippen molar-refractivity contribution in [3.8, 4) is 0 Å². The summed E-state index contributed by atoms with van der Waals surface area (Å²) in [7, 11) is -4.74. The lowest BCUT2D eigenvalue weighted by Crippen LogP contribution is -2.29. The summed E-state index contributed by atoms with van der Waals surface area (Å²) >= 11 is 0. The average Bonchev–Trinajstić information content (AvgIpc) is 2.87. The molecule has 0 aliphatic heterocycles. The largest absolute Gasteiger partial charge is 0.469 e. The number of hydrogen-bond acceptors (Lipinski definition) is 6. The van der Waals surface area contributed by atoms with Gasteiger partial charge in [-0.25, -0.2) is 4.57 Å². The van der Waals surface area contributed by atoms with E-state index in [2.05, 4.69) is 42.7 Å². The van der Waals surface area contributed by atoms with Gasteiger partial charge < -0.3 is 19.3 Å². The van der Waals surface area contributed by atoms with Crippen molar-refractivity contribution in [3.63, 3.8) is 0 Å². The van der Waals surface area contributed by atoms with Crippen LogP contribution in [0.25, 0.3) is 0 Å². The summed E-state index contributed by atoms with van der Waals surface area (Å²) in [6.45, 7) is 3.49. The van der Waals surface area contributed by atoms with Crippen LogP contribution in [0.15, 0.2) is 24.3 Å². The van der Waals surface area contributed by atoms with Crippen molar-refractivity contribution in [2.45, 2.75) is 136 Å². The third kappa shape index (κ3) is 27.6. The van der Waals surface area contributed by atoms with E-state index in [-0.39, 0.29) is 19.4 Å². The van der Waals surface area contributed by atoms with Crippen LogP contribution < -0.4 is 0 Å². The Morgan fingerprint density at radius 2 is 1.11 bits per heavy atom. The van der Waals surface area contributed by atoms with Gasteiger partial charge in [0, 0.05) is 12.8 Å². The molecule has 1 unspecified atom stereocenters. The number of esters is 2. The Balaban J connectivity index is 4.11. The molecule has 1 atom stereocenters. The molecular formula is C29H53O8P. The first kappa shape index (κ1) is 36.5. The molecule has 222 valence electrons. The highest BCUT2D eigenvalue weighted by Crippen LogP contribution is 2.35. The van der Waals surface area contributed by atoms with Gasteiger partial charge >= 0.3 is 19.8 Å². The van der Waals surface area contributed by atoms with Gasteiger partial charge in [-0.15, -0.1) is 0 Å². The summed E-state index contributed by atoms with van der Waals surface area (Å²) in [5, 5.41) is 0. The number of allylic oxidation sites excluding steroid dienone is 4. The predicted octanol–water partition coefficient (Wildman–Crippen LogP) is 7.72. The topological polar surface area (TPSA) is 119 Å². The number of carbonyl (C=O) groups is 2. The molecule has 9 heteroatoms. The number of phosphoric ester groups is 1. The van der Waals surface area contributed by atoms with Crippen LogP contribution in [0.5, 0.6) is 0 Å². The molecule has 0 saturated carbocycles. The predicted molar refractivity (Wildman–Crippen MR) is 152 cm³/mol. The lowest BCUT2D eigenvalue weighted by atomic mass is 10.1. The second-order valence-electron chi connectivity index (χ2n) is 9.71. The number of ether oxygens (including phenoxy) is 2. The summed E-state index contributed by atoms with van der Waals surface area (Å²) in [5.41, 5.74) is 0. The van der Waals surface area contributed by atoms with Gasteiger partial charge in [0.15, 0.2) is 6.10 Å². The Labute approximate surface area is 230 Å². The van der Waals surface area contributed by atoms with Crippen molar-refractivity contribution in [1.82, 2.24) is 0 Å². The van der Waals surface area contributed by atoms with E-state index >= 15 is 0 Å². The van der Waals surface area contributed by atoms with Crippen molar-refractivity contribution in [2.24, 2.45) is 0 Å². The molecule has 0 aliphatic rings. The van der Waals surface area contributed by atoms with Crippen LogP contribution in [0.2, 0.25) is 0 Å². The van der Waals surface area contributed by atoms with E-state index < -0.39 is 32.5 Å². The fourth-order valence-electron chi connectivity index (χ4n) is 3.73. The van der Waals surface area contributed by atoms with E-state index in [4.69, 9.17) is 19.3 Å². The van der Waals surface area contributed by atoms with Crippen molar-refractivity contribution in [1.29, 1.82) is 0 Å². The van der Waals surface area contributed by atoms with Crippen molar-refractivity contribution >= 4 is 19.8 Å². The number of hydrogen-bond donors (Lipinski definition) is 2. The van der Waals surface area contributed by atoms with Crippen LogP contribution in [0.1, 0.15) is 129 Å². The van der Waals surface area contributed by atoms with Crippen LogP contribution >= 0.6 is 7.82 Å². The number of carbonyl (C=O) groups excluding carboxylic acids is 2. The standard InChI is InChI=1S/C29H53O8P/c1-3-5-7-9-11-13-15-17-19-21-23-28(30)35-25-27(26-36-38(32,33)34)37-29(31)24-22-20-18-16-14-12-10-8-6-4-2/h7-10,27H,3-6,11-26H2,1-2H3,(H2,32,33,34)/b9-7-,10-8-. The van der Waals surface area contributed by atoms with Gasteiger partial charge in [0.25, 0.3) is 0 Å². The minimum atomic E-state index is -4.74. The highest BCUT2D eigenvalue weighted by atomic mass is 31.2. The molecule has 38 heavy (non-hydrogen) atoms. The first-order valence-electron chi connectivity index (χ1n) is 14.6. The number of rotatable bonds is 26. The van der Waals surface area contributed by atoms with Gasteiger partial charge in [-0.05, 0) is 51.4 Å². The third-order valence-corrected chi connectivity index (χ3v) is 6.39. The molecule has 0 aromatic carbocycles. The van der Waals surface area contributed by atoms with E-state index in [1.54, 1.807) is 0 Å². The van der Waals surface area contributed by atoms with E-state index in [0.717, 1.165) is 77.0 Å². The van der Waals surface area contributed by atoms with Crippen molar-refractivity contribution < 1.29 is 37.9 Å². The normalized spacial score (nSPS) is 12.8. The summed E-state index contributed by atoms with van der Waals surface area (Å²) < 4.78 is 26.0. The maximum atomic E-state index is 12.2. The third-order valence-electron chi connectivity index (χ3n) is 5.90. The van der Waals surface area contributed by atoms with Gasteiger partial charge in [-0.1, -0.05) is 89.5 Å². The van der Waals surface area contributed by atoms with E-state index in [1.807, 2.05) is 0 Å². The van der Waals surface area contributed by atoms with E-state index in [1.165, 1.54) is 12.8 Å². The summed E-state index contributed by atoms with van der Waals surface area (Å²) in [4.78, 5) is 42.2. The molecule has 0 radical (unpaired) electrons. The molecule has 0 bridgehead atoms. The first-order valence-corrected chi connectivity index (χ1v) is 16.2. The molecule has 0 fully saturated rings. The second kappa shape index (κ2) is 25.8. The molecule has 0 aliphatic carbocycles. The lowest BCUT2D eigenvalue weighted by molar-refractivity contribution is -0.161. The Hall–Kier alpha value is -1.47. The number of unbranched alkanes of at least 4 members (excludes halogenated alkanes) is 12. The van der Waals surface area contributed by atoms with Crippen LogP contribution in [-0.2, 0) is 28.2 Å². The SMILES string of the molecule is CCC/C=C\CCCCCCCC(=O)OCC(COP(=O)(O)O)OC(=O)CCCCCCC/C=C\CCC. The Morgan fingerprint density at radius 3 is 1.61 bits per heavy atom. The van der Waals surface area contributed by atoms with Crippen molar-refractivity contribution in [3.05, 3.63) is 24.3 Å². The van der Waals surface area contributed by atoms with Crippen molar-refractivity contribution in [2.75, 3.05) is 13.2 Å². The molecule has 2 N–H and O–H groups in total. The smallest absolute Gasteiger partial charge is 0.462 e. The summed E-state index contributed by atoms with van der Waals surface area (Å²) in [6.07, 6.45) is 24.9. The molecule has 0 aromatic heterocycles. The minimum absolute atomic E-state index is 0.200. The molecular weight excluding hydrogens is 507 g/mol. The molecule has 0 spiro atoms. The average molecular weight is 561 g/mol. The van der Waals surface area contributed by atoms with Crippen LogP contribution in [-0.4, -0.2) is 41.0 Å². The highest BCUT2D eigenvalue weighted by molar-refractivity contribution is 7.46. The van der Waals surface area contributed by atoms with Gasteiger partial charge in [0.05, 0.1) is 6.61 Å². The van der Waals surface area contributed by atoms with Crippen LogP contribution in [0.4, 0.5) is 0 Å². The highest BCUT2D eigenvalue weighted by Gasteiger charge is 2.22. The Kier molecular flexibility index (Phi) is 24.8. The van der Waals surface area contributed by atoms with E-state index in [9.17, 15) is 14.2 Å². The minimum Gasteiger partial charge on any atom is -0.462 e. The zero-order chi connectivity index (χ0) is 28.3. The Morgan fingerprint density at radius 1 is 0.658 bits per heavy atom. The molecule has 0 rings (SSSR count). The fraction of sp³-hybridized carbons (Fsp3) is 0.793. The quantitative estimate of drug-likeness (QED) is 0.0477. The van der Waals surface area contributed by atoms with Gasteiger partial charge in [-0.3, -0.25) is 14.1 Å². The lowest BCUT2D eigenvalue weighted by Gasteiger charge is -2.18. The van der Waals surface area contributed by atoms with Gasteiger partial charge in [0.2, 0.25) is 0 Å². The molecule has 8 nitrogen and oxygen atoms in total. The summed E-state index contributed by atoms with van der Waals surface area (Å²) in [6, 6.07) is 0. The van der Waals surface area contributed by atoms with Gasteiger partial charge in [-0.2, -0.15) is 0 Å². The van der Waals surface area contributed by atoms with Crippen LogP contribution in [0.3, 0.4) is 0 Å². The first-order chi connectivity index (χ1) is 18.3. The molecule has 0 heterocycles. The van der Waals surface area contributed by atoms with Gasteiger partial charge in [0.1, 0.15) is 6.61 Å². The fourth-order valence-corrected chi connectivity index (χ4v) is 4.09. The van der Waals surface area contributed by atoms with E-state index in [0.29, 0.717) is 12.8 Å². The maximum absolute atomic E-state index is 12.2. The second-order valence-corrected chi connectivity index (χ2v) is 11.0.